The summed E-state index contributed by atoms with van der Waals surface area (Å²) in [5.74, 6) is -0.210. The molecule has 0 fully saturated rings. The Balaban J connectivity index is 4.62. The zero-order valence-electron chi connectivity index (χ0n) is 26.5. The third kappa shape index (κ3) is 26.2. The van der Waals surface area contributed by atoms with Gasteiger partial charge in [0.05, 0.1) is 39.9 Å². The maximum Gasteiger partial charge on any atom is 0.268 e. The van der Waals surface area contributed by atoms with E-state index < -0.39 is 20.0 Å². The fourth-order valence-electron chi connectivity index (χ4n) is 4.33. The molecule has 0 spiro atoms. The normalized spacial score (nSPS) is 15.3. The fraction of sp³-hybridized carbons (Fsp3) is 0.903. The Morgan fingerprint density at radius 1 is 0.850 bits per heavy atom. The highest BCUT2D eigenvalue weighted by molar-refractivity contribution is 7.45. The minimum Gasteiger partial charge on any atom is -0.756 e. The monoisotopic (exact) mass is 590 g/mol. The number of allylic oxidation sites excluding steroid dienone is 1. The molecule has 0 aliphatic carbocycles. The number of aliphatic hydroxyl groups excluding tert-OH is 1. The molecule has 8 nitrogen and oxygen atoms in total. The van der Waals surface area contributed by atoms with Crippen molar-refractivity contribution < 1.29 is 32.9 Å². The van der Waals surface area contributed by atoms with Gasteiger partial charge in [-0.3, -0.25) is 9.36 Å². The Morgan fingerprint density at radius 3 is 1.88 bits per heavy atom. The molecule has 1 amide bonds. The Hall–Kier alpha value is -0.760. The second-order valence-electron chi connectivity index (χ2n) is 12.2. The van der Waals surface area contributed by atoms with Crippen LogP contribution >= 0.6 is 7.82 Å². The summed E-state index contributed by atoms with van der Waals surface area (Å²) in [6, 6.07) is -0.874. The second-order valence-corrected chi connectivity index (χ2v) is 13.6. The number of amides is 1. The number of nitrogens with one attached hydrogen (secondary N) is 1. The summed E-state index contributed by atoms with van der Waals surface area (Å²) in [6.45, 7) is 4.53. The maximum atomic E-state index is 12.5. The summed E-state index contributed by atoms with van der Waals surface area (Å²) >= 11 is 0. The van der Waals surface area contributed by atoms with E-state index >= 15 is 0 Å². The Morgan fingerprint density at radius 2 is 1.35 bits per heavy atom. The van der Waals surface area contributed by atoms with Gasteiger partial charge in [0, 0.05) is 6.42 Å². The lowest BCUT2D eigenvalue weighted by Gasteiger charge is -2.29. The minimum absolute atomic E-state index is 0.000643. The molecular weight excluding hydrogens is 527 g/mol. The van der Waals surface area contributed by atoms with Gasteiger partial charge in [-0.2, -0.15) is 0 Å². The highest BCUT2D eigenvalue weighted by atomic mass is 31.2. The lowest BCUT2D eigenvalue weighted by molar-refractivity contribution is -0.870. The number of aliphatic hydroxyl groups is 1. The number of hydrogen-bond acceptors (Lipinski definition) is 6. The van der Waals surface area contributed by atoms with Crippen LogP contribution < -0.4 is 10.2 Å². The van der Waals surface area contributed by atoms with Crippen molar-refractivity contribution in [2.45, 2.75) is 142 Å². The van der Waals surface area contributed by atoms with E-state index in [0.29, 0.717) is 17.4 Å². The summed E-state index contributed by atoms with van der Waals surface area (Å²) in [7, 11) is 1.26. The maximum absolute atomic E-state index is 12.5. The van der Waals surface area contributed by atoms with E-state index in [0.717, 1.165) is 38.5 Å². The van der Waals surface area contributed by atoms with E-state index in [1.807, 2.05) is 27.2 Å². The average molecular weight is 591 g/mol. The molecule has 0 aromatic carbocycles. The molecule has 40 heavy (non-hydrogen) atoms. The number of carbonyl (C=O) groups is 1. The van der Waals surface area contributed by atoms with E-state index in [9.17, 15) is 19.4 Å². The Labute approximate surface area is 246 Å². The van der Waals surface area contributed by atoms with E-state index in [-0.39, 0.29) is 19.1 Å². The molecular formula is C31H63N2O6P. The second kappa shape index (κ2) is 24.8. The Bertz CT molecular complexity index is 683. The van der Waals surface area contributed by atoms with Crippen LogP contribution in [0.5, 0.6) is 0 Å². The third-order valence-corrected chi connectivity index (χ3v) is 7.96. The minimum atomic E-state index is -4.56. The van der Waals surface area contributed by atoms with Gasteiger partial charge in [-0.05, 0) is 19.3 Å². The van der Waals surface area contributed by atoms with Crippen molar-refractivity contribution in [1.82, 2.24) is 5.32 Å². The first-order valence-electron chi connectivity index (χ1n) is 16.1. The number of quaternary nitrogens is 1. The number of carbonyl (C=O) groups excluding carboxylic acids is 1. The molecule has 0 aliphatic rings. The summed E-state index contributed by atoms with van der Waals surface area (Å²) in [6.07, 6.45) is 22.7. The van der Waals surface area contributed by atoms with E-state index in [4.69, 9.17) is 9.05 Å². The van der Waals surface area contributed by atoms with E-state index in [2.05, 4.69) is 19.2 Å². The van der Waals surface area contributed by atoms with Crippen molar-refractivity contribution in [3.63, 3.8) is 0 Å². The predicted molar refractivity (Wildman–Crippen MR) is 164 cm³/mol. The molecule has 0 saturated heterocycles. The molecule has 0 rings (SSSR count). The topological polar surface area (TPSA) is 108 Å². The van der Waals surface area contributed by atoms with E-state index in [1.54, 1.807) is 6.08 Å². The lowest BCUT2D eigenvalue weighted by Crippen LogP contribution is -2.45. The highest BCUT2D eigenvalue weighted by Gasteiger charge is 2.23. The van der Waals surface area contributed by atoms with Crippen molar-refractivity contribution >= 4 is 13.7 Å². The highest BCUT2D eigenvalue weighted by Crippen LogP contribution is 2.38. The van der Waals surface area contributed by atoms with E-state index in [1.165, 1.54) is 70.6 Å². The van der Waals surface area contributed by atoms with Crippen LogP contribution in [-0.2, 0) is 18.4 Å². The van der Waals surface area contributed by atoms with Gasteiger partial charge in [0.25, 0.3) is 7.82 Å². The summed E-state index contributed by atoms with van der Waals surface area (Å²) in [4.78, 5) is 24.8. The molecule has 0 aliphatic heterocycles. The van der Waals surface area contributed by atoms with Gasteiger partial charge in [0.2, 0.25) is 5.91 Å². The Kier molecular flexibility index (Phi) is 24.3. The summed E-state index contributed by atoms with van der Waals surface area (Å²) in [5, 5.41) is 13.5. The molecule has 238 valence electrons. The van der Waals surface area contributed by atoms with Crippen molar-refractivity contribution in [2.75, 3.05) is 40.9 Å². The summed E-state index contributed by atoms with van der Waals surface area (Å²) < 4.78 is 22.9. The van der Waals surface area contributed by atoms with Crippen LogP contribution in [0, 0.1) is 0 Å². The molecule has 0 radical (unpaired) electrons. The van der Waals surface area contributed by atoms with Gasteiger partial charge in [-0.25, -0.2) is 0 Å². The lowest BCUT2D eigenvalue weighted by atomic mass is 10.1. The molecule has 3 unspecified atom stereocenters. The van der Waals surface area contributed by atoms with Crippen LogP contribution in [-0.4, -0.2) is 68.5 Å². The van der Waals surface area contributed by atoms with Crippen LogP contribution in [0.15, 0.2) is 12.2 Å². The first-order chi connectivity index (χ1) is 19.0. The number of hydrogen-bond donors (Lipinski definition) is 2. The zero-order chi connectivity index (χ0) is 30.1. The van der Waals surface area contributed by atoms with Gasteiger partial charge >= 0.3 is 0 Å². The molecule has 0 bridgehead atoms. The van der Waals surface area contributed by atoms with Crippen molar-refractivity contribution in [3.05, 3.63) is 12.2 Å². The molecule has 0 aromatic rings. The molecule has 3 atom stereocenters. The van der Waals surface area contributed by atoms with Gasteiger partial charge < -0.3 is 28.8 Å². The van der Waals surface area contributed by atoms with Crippen LogP contribution in [0.4, 0.5) is 0 Å². The zero-order valence-corrected chi connectivity index (χ0v) is 27.4. The predicted octanol–water partition coefficient (Wildman–Crippen LogP) is 6.66. The first kappa shape index (κ1) is 39.2. The molecule has 0 heterocycles. The molecule has 0 aromatic heterocycles. The number of nitrogens with zero attached hydrogens (tertiary/aromatic N) is 1. The number of unbranched alkanes of at least 4 members (excludes halogenated alkanes) is 15. The van der Waals surface area contributed by atoms with Crippen molar-refractivity contribution in [3.8, 4) is 0 Å². The van der Waals surface area contributed by atoms with Crippen molar-refractivity contribution in [2.24, 2.45) is 0 Å². The van der Waals surface area contributed by atoms with Crippen molar-refractivity contribution in [1.29, 1.82) is 0 Å². The van der Waals surface area contributed by atoms with Gasteiger partial charge in [-0.15, -0.1) is 0 Å². The van der Waals surface area contributed by atoms with Gasteiger partial charge in [0.1, 0.15) is 13.2 Å². The SMILES string of the molecule is CCCCCCCCCCCC/C=C/C(O)C(COP(=O)([O-])OCC[N+](C)(C)C)NC(=O)CCCCCCCC. The molecule has 2 N–H and O–H groups in total. The van der Waals surface area contributed by atoms with Gasteiger partial charge in [-0.1, -0.05) is 116 Å². The first-order valence-corrected chi connectivity index (χ1v) is 17.5. The van der Waals surface area contributed by atoms with Crippen LogP contribution in [0.3, 0.4) is 0 Å². The molecule has 0 saturated carbocycles. The fourth-order valence-corrected chi connectivity index (χ4v) is 5.05. The number of phosphoric ester groups is 1. The van der Waals surface area contributed by atoms with Gasteiger partial charge in [0.15, 0.2) is 0 Å². The number of phosphoric acid groups is 1. The van der Waals surface area contributed by atoms with Crippen LogP contribution in [0.25, 0.3) is 0 Å². The average Bonchev–Trinajstić information content (AvgIpc) is 2.88. The van der Waals surface area contributed by atoms with Crippen LogP contribution in [0.2, 0.25) is 0 Å². The third-order valence-electron chi connectivity index (χ3n) is 7.00. The quantitative estimate of drug-likeness (QED) is 0.0457. The standard InChI is InChI=1S/C31H63N2O6P/c1-6-8-10-12-14-15-16-17-18-19-20-22-24-30(34)29(32-31(35)25-23-21-13-11-9-7-2)28-39-40(36,37)38-27-26-33(3,4)5/h22,24,29-30,34H,6-21,23,25-28H2,1-5H3,(H-,32,35,36,37)/b24-22+. The largest absolute Gasteiger partial charge is 0.756 e. The number of likely N-dealkylation sites (N-methyl/N-ethyl adjacent to an activating group) is 1. The summed E-state index contributed by atoms with van der Waals surface area (Å²) in [5.41, 5.74) is 0. The van der Waals surface area contributed by atoms with Crippen LogP contribution in [0.1, 0.15) is 129 Å². The molecule has 9 heteroatoms. The number of rotatable bonds is 28. The smallest absolute Gasteiger partial charge is 0.268 e.